The van der Waals surface area contributed by atoms with Gasteiger partial charge in [-0.05, 0) is 18.6 Å². The second kappa shape index (κ2) is 4.07. The van der Waals surface area contributed by atoms with Crippen LogP contribution in [0.2, 0.25) is 0 Å². The lowest BCUT2D eigenvalue weighted by atomic mass is 10.0. The number of rotatable bonds is 1. The number of nitrogens with two attached hydrogens (primary N) is 1. The predicted octanol–water partition coefficient (Wildman–Crippen LogP) is 2.58. The molecule has 88 valence electrons. The normalized spacial score (nSPS) is 10.7. The average molecular weight is 236 g/mol. The Balaban J connectivity index is 2.30. The maximum Gasteiger partial charge on any atom is 0.141 e. The molecule has 0 spiro atoms. The van der Waals surface area contributed by atoms with Crippen LogP contribution in [-0.2, 0) is 0 Å². The van der Waals surface area contributed by atoms with E-state index in [1.54, 1.807) is 18.6 Å². The number of hydrogen-bond acceptors (Lipinski definition) is 4. The number of anilines is 1. The van der Waals surface area contributed by atoms with Crippen molar-refractivity contribution in [1.82, 2.24) is 15.0 Å². The molecule has 4 heteroatoms. The van der Waals surface area contributed by atoms with E-state index in [1.165, 1.54) is 0 Å². The summed E-state index contributed by atoms with van der Waals surface area (Å²) in [5.41, 5.74) is 9.53. The zero-order chi connectivity index (χ0) is 12.5. The van der Waals surface area contributed by atoms with Gasteiger partial charge in [0.25, 0.3) is 0 Å². The van der Waals surface area contributed by atoms with Gasteiger partial charge in [0.1, 0.15) is 5.82 Å². The Labute approximate surface area is 105 Å². The average Bonchev–Trinajstić information content (AvgIpc) is 2.41. The van der Waals surface area contributed by atoms with Gasteiger partial charge in [-0.15, -0.1) is 0 Å². The second-order valence-corrected chi connectivity index (χ2v) is 4.16. The monoisotopic (exact) mass is 236 g/mol. The van der Waals surface area contributed by atoms with Gasteiger partial charge in [-0.3, -0.25) is 9.97 Å². The van der Waals surface area contributed by atoms with E-state index in [2.05, 4.69) is 15.0 Å². The molecule has 0 bridgehead atoms. The second-order valence-electron chi connectivity index (χ2n) is 4.16. The van der Waals surface area contributed by atoms with Gasteiger partial charge >= 0.3 is 0 Å². The van der Waals surface area contributed by atoms with E-state index >= 15 is 0 Å². The molecular formula is C14H12N4. The van der Waals surface area contributed by atoms with Gasteiger partial charge in [0.15, 0.2) is 0 Å². The molecule has 0 aliphatic carbocycles. The van der Waals surface area contributed by atoms with Crippen molar-refractivity contribution in [2.24, 2.45) is 0 Å². The highest BCUT2D eigenvalue weighted by molar-refractivity contribution is 5.95. The number of pyridine rings is 1. The smallest absolute Gasteiger partial charge is 0.141 e. The number of fused-ring (bicyclic) bond motifs is 1. The molecule has 0 aliphatic heterocycles. The molecule has 0 radical (unpaired) electrons. The van der Waals surface area contributed by atoms with Gasteiger partial charge in [0, 0.05) is 17.1 Å². The first kappa shape index (κ1) is 10.7. The van der Waals surface area contributed by atoms with Gasteiger partial charge < -0.3 is 5.73 Å². The SMILES string of the molecule is Cc1ccc(-c2cnc(N)cn2)c2cccnc12. The van der Waals surface area contributed by atoms with Crippen LogP contribution in [0.1, 0.15) is 5.56 Å². The molecule has 18 heavy (non-hydrogen) atoms. The van der Waals surface area contributed by atoms with Crippen molar-refractivity contribution in [3.8, 4) is 11.3 Å². The van der Waals surface area contributed by atoms with E-state index in [9.17, 15) is 0 Å². The standard InChI is InChI=1S/C14H12N4/c1-9-4-5-10(11-3-2-6-16-14(9)11)12-7-18-13(15)8-17-12/h2-8H,1H3,(H2,15,18). The first-order valence-electron chi connectivity index (χ1n) is 5.68. The molecule has 1 aromatic carbocycles. The molecule has 0 saturated carbocycles. The number of nitrogen functional groups attached to an aromatic ring is 1. The predicted molar refractivity (Wildman–Crippen MR) is 71.9 cm³/mol. The van der Waals surface area contributed by atoms with Crippen molar-refractivity contribution in [3.05, 3.63) is 48.4 Å². The summed E-state index contributed by atoms with van der Waals surface area (Å²) in [4.78, 5) is 12.8. The largest absolute Gasteiger partial charge is 0.382 e. The van der Waals surface area contributed by atoms with Crippen LogP contribution < -0.4 is 5.73 Å². The molecule has 2 aromatic heterocycles. The molecule has 0 unspecified atom stereocenters. The van der Waals surface area contributed by atoms with Crippen LogP contribution in [0.3, 0.4) is 0 Å². The van der Waals surface area contributed by atoms with Gasteiger partial charge in [-0.2, -0.15) is 0 Å². The summed E-state index contributed by atoms with van der Waals surface area (Å²) in [5.74, 6) is 0.424. The molecule has 2 heterocycles. The fraction of sp³-hybridized carbons (Fsp3) is 0.0714. The van der Waals surface area contributed by atoms with Crippen LogP contribution in [0, 0.1) is 6.92 Å². The molecule has 0 amide bonds. The summed E-state index contributed by atoms with van der Waals surface area (Å²) < 4.78 is 0. The number of aromatic nitrogens is 3. The van der Waals surface area contributed by atoms with Crippen LogP contribution in [0.15, 0.2) is 42.9 Å². The van der Waals surface area contributed by atoms with Gasteiger partial charge in [0.2, 0.25) is 0 Å². The van der Waals surface area contributed by atoms with Crippen LogP contribution in [0.4, 0.5) is 5.82 Å². The summed E-state index contributed by atoms with van der Waals surface area (Å²) in [6.07, 6.45) is 5.05. The lowest BCUT2D eigenvalue weighted by molar-refractivity contribution is 1.22. The topological polar surface area (TPSA) is 64.7 Å². The number of hydrogen-bond donors (Lipinski definition) is 1. The zero-order valence-corrected chi connectivity index (χ0v) is 9.96. The van der Waals surface area contributed by atoms with E-state index in [4.69, 9.17) is 5.73 Å². The van der Waals surface area contributed by atoms with E-state index in [0.717, 1.165) is 27.7 Å². The first-order chi connectivity index (χ1) is 8.75. The van der Waals surface area contributed by atoms with Gasteiger partial charge in [0.05, 0.1) is 23.6 Å². The lowest BCUT2D eigenvalue weighted by Gasteiger charge is -2.07. The highest BCUT2D eigenvalue weighted by Gasteiger charge is 2.07. The van der Waals surface area contributed by atoms with E-state index < -0.39 is 0 Å². The van der Waals surface area contributed by atoms with E-state index in [-0.39, 0.29) is 0 Å². The van der Waals surface area contributed by atoms with Crippen LogP contribution in [0.25, 0.3) is 22.2 Å². The summed E-state index contributed by atoms with van der Waals surface area (Å²) >= 11 is 0. The summed E-state index contributed by atoms with van der Waals surface area (Å²) in [6, 6.07) is 8.06. The quantitative estimate of drug-likeness (QED) is 0.705. The number of aryl methyl sites for hydroxylation is 1. The fourth-order valence-corrected chi connectivity index (χ4v) is 2.01. The minimum absolute atomic E-state index is 0.424. The minimum Gasteiger partial charge on any atom is -0.382 e. The Hall–Kier alpha value is -2.49. The summed E-state index contributed by atoms with van der Waals surface area (Å²) in [7, 11) is 0. The highest BCUT2D eigenvalue weighted by atomic mass is 14.9. The summed E-state index contributed by atoms with van der Waals surface area (Å²) in [5, 5.41) is 1.08. The molecule has 4 nitrogen and oxygen atoms in total. The Kier molecular flexibility index (Phi) is 2.41. The van der Waals surface area contributed by atoms with E-state index in [0.29, 0.717) is 5.82 Å². The lowest BCUT2D eigenvalue weighted by Crippen LogP contribution is -1.94. The molecule has 2 N–H and O–H groups in total. The Bertz CT molecular complexity index is 705. The van der Waals surface area contributed by atoms with Crippen LogP contribution >= 0.6 is 0 Å². The molecular weight excluding hydrogens is 224 g/mol. The van der Waals surface area contributed by atoms with Crippen molar-refractivity contribution >= 4 is 16.7 Å². The maximum atomic E-state index is 5.56. The molecule has 0 saturated heterocycles. The minimum atomic E-state index is 0.424. The maximum absolute atomic E-state index is 5.56. The van der Waals surface area contributed by atoms with Gasteiger partial charge in [-0.25, -0.2) is 4.98 Å². The van der Waals surface area contributed by atoms with Crippen LogP contribution in [0.5, 0.6) is 0 Å². The van der Waals surface area contributed by atoms with Crippen molar-refractivity contribution in [2.75, 3.05) is 5.73 Å². The van der Waals surface area contributed by atoms with Crippen molar-refractivity contribution < 1.29 is 0 Å². The van der Waals surface area contributed by atoms with Crippen molar-refractivity contribution in [1.29, 1.82) is 0 Å². The third-order valence-corrected chi connectivity index (χ3v) is 2.92. The zero-order valence-electron chi connectivity index (χ0n) is 9.96. The first-order valence-corrected chi connectivity index (χ1v) is 5.68. The molecule has 3 aromatic rings. The van der Waals surface area contributed by atoms with Crippen molar-refractivity contribution in [2.45, 2.75) is 6.92 Å². The van der Waals surface area contributed by atoms with E-state index in [1.807, 2.05) is 31.2 Å². The number of benzene rings is 1. The molecule has 0 fully saturated rings. The summed E-state index contributed by atoms with van der Waals surface area (Å²) in [6.45, 7) is 2.05. The third kappa shape index (κ3) is 1.68. The van der Waals surface area contributed by atoms with Gasteiger partial charge in [-0.1, -0.05) is 18.2 Å². The highest BCUT2D eigenvalue weighted by Crippen LogP contribution is 2.27. The Morgan fingerprint density at radius 1 is 1.00 bits per heavy atom. The Morgan fingerprint density at radius 3 is 2.67 bits per heavy atom. The molecule has 3 rings (SSSR count). The third-order valence-electron chi connectivity index (χ3n) is 2.92. The van der Waals surface area contributed by atoms with Crippen molar-refractivity contribution in [3.63, 3.8) is 0 Å². The van der Waals surface area contributed by atoms with Crippen LogP contribution in [-0.4, -0.2) is 15.0 Å². The number of nitrogens with zero attached hydrogens (tertiary/aromatic N) is 3. The fourth-order valence-electron chi connectivity index (χ4n) is 2.01. The Morgan fingerprint density at radius 2 is 1.89 bits per heavy atom. The molecule has 0 atom stereocenters. The molecule has 0 aliphatic rings.